The molecule has 0 aliphatic carbocycles. The van der Waals surface area contributed by atoms with Crippen LogP contribution in [0.5, 0.6) is 11.9 Å². The lowest BCUT2D eigenvalue weighted by Gasteiger charge is -2.10. The smallest absolute Gasteiger partial charge is 0.320 e. The molecule has 0 saturated carbocycles. The Balaban J connectivity index is 2.61. The van der Waals surface area contributed by atoms with Crippen molar-refractivity contribution >= 4 is 5.78 Å². The van der Waals surface area contributed by atoms with E-state index in [1.807, 2.05) is 6.07 Å². The van der Waals surface area contributed by atoms with Crippen molar-refractivity contribution in [1.82, 2.24) is 9.97 Å². The Morgan fingerprint density at radius 1 is 1.15 bits per heavy atom. The highest BCUT2D eigenvalue weighted by molar-refractivity contribution is 6.11. The van der Waals surface area contributed by atoms with Crippen molar-refractivity contribution in [2.24, 2.45) is 0 Å². The van der Waals surface area contributed by atoms with Gasteiger partial charge in [-0.1, -0.05) is 30.3 Å². The van der Waals surface area contributed by atoms with Gasteiger partial charge in [0, 0.05) is 5.56 Å². The summed E-state index contributed by atoms with van der Waals surface area (Å²) in [6.45, 7) is 0. The minimum atomic E-state index is -0.293. The first-order valence-electron chi connectivity index (χ1n) is 5.77. The van der Waals surface area contributed by atoms with Crippen LogP contribution in [0, 0.1) is 12.3 Å². The third kappa shape index (κ3) is 2.45. The third-order valence-electron chi connectivity index (χ3n) is 2.63. The molecule has 0 spiro atoms. The van der Waals surface area contributed by atoms with Gasteiger partial charge in [-0.3, -0.25) is 4.79 Å². The summed E-state index contributed by atoms with van der Waals surface area (Å²) in [5.41, 5.74) is 0.778. The minimum Gasteiger partial charge on any atom is -0.480 e. The van der Waals surface area contributed by atoms with Crippen molar-refractivity contribution in [2.45, 2.75) is 0 Å². The van der Waals surface area contributed by atoms with Gasteiger partial charge in [0.2, 0.25) is 11.7 Å². The van der Waals surface area contributed by atoms with E-state index in [0.29, 0.717) is 5.56 Å². The van der Waals surface area contributed by atoms with Crippen molar-refractivity contribution in [2.75, 3.05) is 14.2 Å². The largest absolute Gasteiger partial charge is 0.480 e. The number of ketones is 1. The summed E-state index contributed by atoms with van der Waals surface area (Å²) in [5.74, 6) is 2.17. The van der Waals surface area contributed by atoms with Gasteiger partial charge in [0.25, 0.3) is 0 Å². The van der Waals surface area contributed by atoms with E-state index in [-0.39, 0.29) is 28.9 Å². The van der Waals surface area contributed by atoms with Gasteiger partial charge >= 0.3 is 6.01 Å². The second-order valence-electron chi connectivity index (χ2n) is 3.78. The lowest BCUT2D eigenvalue weighted by Crippen LogP contribution is -2.11. The quantitative estimate of drug-likeness (QED) is 0.624. The van der Waals surface area contributed by atoms with Crippen LogP contribution in [-0.4, -0.2) is 30.0 Å². The van der Waals surface area contributed by atoms with Gasteiger partial charge < -0.3 is 9.47 Å². The highest BCUT2D eigenvalue weighted by Crippen LogP contribution is 2.24. The number of aromatic nitrogens is 2. The maximum absolute atomic E-state index is 12.5. The maximum Gasteiger partial charge on any atom is 0.320 e. The fourth-order valence-electron chi connectivity index (χ4n) is 1.70. The lowest BCUT2D eigenvalue weighted by atomic mass is 10.0. The molecule has 0 N–H and O–H groups in total. The molecule has 1 heterocycles. The summed E-state index contributed by atoms with van der Waals surface area (Å²) >= 11 is 0. The fourth-order valence-corrected chi connectivity index (χ4v) is 1.70. The molecule has 100 valence electrons. The molecule has 0 fully saturated rings. The standard InChI is InChI=1S/C15H12N2O3/c1-4-11-12(13(18)10-8-6-5-7-9-10)14(19-2)17-15(16-11)20-3/h1,5-9H,2-3H3. The molecule has 0 amide bonds. The fraction of sp³-hybridized carbons (Fsp3) is 0.133. The van der Waals surface area contributed by atoms with E-state index in [2.05, 4.69) is 15.9 Å². The molecule has 1 aromatic heterocycles. The van der Waals surface area contributed by atoms with Gasteiger partial charge in [-0.05, 0) is 5.92 Å². The predicted molar refractivity (Wildman–Crippen MR) is 72.9 cm³/mol. The van der Waals surface area contributed by atoms with Crippen LogP contribution in [0.3, 0.4) is 0 Å². The number of carbonyl (C=O) groups is 1. The number of benzene rings is 1. The average molecular weight is 268 g/mol. The summed E-state index contributed by atoms with van der Waals surface area (Å²) in [7, 11) is 2.82. The van der Waals surface area contributed by atoms with E-state index in [0.717, 1.165) is 0 Å². The summed E-state index contributed by atoms with van der Waals surface area (Å²) in [6, 6.07) is 8.78. The summed E-state index contributed by atoms with van der Waals surface area (Å²) < 4.78 is 10.1. The van der Waals surface area contributed by atoms with Gasteiger partial charge in [-0.15, -0.1) is 6.42 Å². The topological polar surface area (TPSA) is 61.3 Å². The summed E-state index contributed by atoms with van der Waals surface area (Å²) in [6.07, 6.45) is 5.41. The number of nitrogens with zero attached hydrogens (tertiary/aromatic N) is 2. The zero-order valence-corrected chi connectivity index (χ0v) is 11.1. The van der Waals surface area contributed by atoms with Crippen LogP contribution in [0.25, 0.3) is 0 Å². The van der Waals surface area contributed by atoms with Crippen LogP contribution in [0.1, 0.15) is 21.6 Å². The van der Waals surface area contributed by atoms with E-state index in [4.69, 9.17) is 15.9 Å². The highest BCUT2D eigenvalue weighted by atomic mass is 16.5. The Morgan fingerprint density at radius 3 is 2.40 bits per heavy atom. The zero-order valence-electron chi connectivity index (χ0n) is 11.1. The van der Waals surface area contributed by atoms with Crippen LogP contribution in [0.15, 0.2) is 30.3 Å². The first kappa shape index (κ1) is 13.6. The molecule has 20 heavy (non-hydrogen) atoms. The molecule has 2 aromatic rings. The molecule has 0 saturated heterocycles. The van der Waals surface area contributed by atoms with Crippen molar-refractivity contribution < 1.29 is 14.3 Å². The maximum atomic E-state index is 12.5. The Bertz CT molecular complexity index is 676. The van der Waals surface area contributed by atoms with Crippen molar-refractivity contribution in [1.29, 1.82) is 0 Å². The Hall–Kier alpha value is -2.87. The van der Waals surface area contributed by atoms with Crippen LogP contribution >= 0.6 is 0 Å². The average Bonchev–Trinajstić information content (AvgIpc) is 2.53. The van der Waals surface area contributed by atoms with Gasteiger partial charge in [-0.2, -0.15) is 9.97 Å². The summed E-state index contributed by atoms with van der Waals surface area (Å²) in [5, 5.41) is 0. The first-order chi connectivity index (χ1) is 9.71. The number of rotatable bonds is 4. The van der Waals surface area contributed by atoms with E-state index < -0.39 is 0 Å². The molecule has 0 aliphatic heterocycles. The number of hydrogen-bond donors (Lipinski definition) is 0. The molecule has 5 heteroatoms. The predicted octanol–water partition coefficient (Wildman–Crippen LogP) is 1.71. The second-order valence-corrected chi connectivity index (χ2v) is 3.78. The Kier molecular flexibility index (Phi) is 3.96. The molecule has 5 nitrogen and oxygen atoms in total. The molecule has 0 bridgehead atoms. The second kappa shape index (κ2) is 5.85. The van der Waals surface area contributed by atoms with Crippen molar-refractivity contribution in [3.63, 3.8) is 0 Å². The number of terminal acetylenes is 1. The van der Waals surface area contributed by atoms with Crippen LogP contribution in [0.2, 0.25) is 0 Å². The minimum absolute atomic E-state index is 0.0550. The van der Waals surface area contributed by atoms with Gasteiger partial charge in [-0.25, -0.2) is 0 Å². The Morgan fingerprint density at radius 2 is 1.85 bits per heavy atom. The molecule has 0 unspecified atom stereocenters. The molecule has 0 radical (unpaired) electrons. The Labute approximate surface area is 116 Å². The van der Waals surface area contributed by atoms with E-state index in [1.165, 1.54) is 14.2 Å². The van der Waals surface area contributed by atoms with Crippen LogP contribution < -0.4 is 9.47 Å². The normalized spacial score (nSPS) is 9.65. The summed E-state index contributed by atoms with van der Waals surface area (Å²) in [4.78, 5) is 20.5. The number of hydrogen-bond acceptors (Lipinski definition) is 5. The first-order valence-corrected chi connectivity index (χ1v) is 5.77. The zero-order chi connectivity index (χ0) is 14.5. The van der Waals surface area contributed by atoms with Crippen LogP contribution in [0.4, 0.5) is 0 Å². The lowest BCUT2D eigenvalue weighted by molar-refractivity contribution is 0.103. The molecule has 2 rings (SSSR count). The van der Waals surface area contributed by atoms with Crippen molar-refractivity contribution in [3.05, 3.63) is 47.2 Å². The molecular weight excluding hydrogens is 256 g/mol. The van der Waals surface area contributed by atoms with Crippen molar-refractivity contribution in [3.8, 4) is 24.2 Å². The van der Waals surface area contributed by atoms with Gasteiger partial charge in [0.05, 0.1) is 14.2 Å². The molecule has 0 aliphatic rings. The van der Waals surface area contributed by atoms with Gasteiger partial charge in [0.1, 0.15) is 11.3 Å². The van der Waals surface area contributed by atoms with Crippen LogP contribution in [-0.2, 0) is 0 Å². The SMILES string of the molecule is C#Cc1nc(OC)nc(OC)c1C(=O)c1ccccc1. The monoisotopic (exact) mass is 268 g/mol. The van der Waals surface area contributed by atoms with E-state index >= 15 is 0 Å². The number of methoxy groups -OCH3 is 2. The third-order valence-corrected chi connectivity index (χ3v) is 2.63. The van der Waals surface area contributed by atoms with E-state index in [1.54, 1.807) is 24.3 Å². The molecular formula is C15H12N2O3. The molecule has 0 atom stereocenters. The molecule has 1 aromatic carbocycles. The van der Waals surface area contributed by atoms with E-state index in [9.17, 15) is 4.79 Å². The number of ether oxygens (including phenoxy) is 2. The van der Waals surface area contributed by atoms with Gasteiger partial charge in [0.15, 0.2) is 0 Å². The number of carbonyl (C=O) groups excluding carboxylic acids is 1. The highest BCUT2D eigenvalue weighted by Gasteiger charge is 2.22.